The molecule has 0 saturated heterocycles. The van der Waals surface area contributed by atoms with Gasteiger partial charge in [-0.2, -0.15) is 5.10 Å². The highest BCUT2D eigenvalue weighted by Crippen LogP contribution is 2.22. The number of nitrogens with zero attached hydrogens (tertiary/aromatic N) is 2. The number of hydrogen-bond acceptors (Lipinski definition) is 4. The molecular weight excluding hydrogens is 272 g/mol. The van der Waals surface area contributed by atoms with E-state index in [4.69, 9.17) is 0 Å². The van der Waals surface area contributed by atoms with E-state index < -0.39 is 0 Å². The maximum absolute atomic E-state index is 12.1. The van der Waals surface area contributed by atoms with E-state index in [1.54, 1.807) is 17.4 Å². The van der Waals surface area contributed by atoms with Gasteiger partial charge in [0.15, 0.2) is 0 Å². The Kier molecular flexibility index (Phi) is 4.92. The molecule has 0 radical (unpaired) electrons. The Hall–Kier alpha value is -1.66. The molecule has 2 heterocycles. The number of amides is 1. The van der Waals surface area contributed by atoms with Crippen molar-refractivity contribution in [1.82, 2.24) is 20.4 Å². The van der Waals surface area contributed by atoms with Crippen molar-refractivity contribution >= 4 is 17.2 Å². The van der Waals surface area contributed by atoms with Crippen molar-refractivity contribution in [3.63, 3.8) is 0 Å². The smallest absolute Gasteiger partial charge is 0.271 e. The van der Waals surface area contributed by atoms with Gasteiger partial charge < -0.3 is 10.2 Å². The first-order valence-electron chi connectivity index (χ1n) is 6.64. The second kappa shape index (κ2) is 6.67. The summed E-state index contributed by atoms with van der Waals surface area (Å²) in [5, 5.41) is 11.9. The van der Waals surface area contributed by atoms with Gasteiger partial charge in [-0.25, -0.2) is 0 Å². The minimum atomic E-state index is -0.135. The van der Waals surface area contributed by atoms with Crippen LogP contribution in [0.3, 0.4) is 0 Å². The Bertz CT molecular complexity index is 547. The number of aryl methyl sites for hydroxylation is 1. The number of thiophene rings is 1. The van der Waals surface area contributed by atoms with Crippen LogP contribution in [0.1, 0.15) is 34.0 Å². The second-order valence-corrected chi connectivity index (χ2v) is 5.82. The third kappa shape index (κ3) is 3.46. The number of nitrogens with one attached hydrogen (secondary N) is 2. The van der Waals surface area contributed by atoms with E-state index in [0.717, 1.165) is 12.1 Å². The Morgan fingerprint density at radius 2 is 2.35 bits per heavy atom. The van der Waals surface area contributed by atoms with E-state index in [-0.39, 0.29) is 11.9 Å². The van der Waals surface area contributed by atoms with Gasteiger partial charge in [0.05, 0.1) is 6.04 Å². The van der Waals surface area contributed by atoms with E-state index in [0.29, 0.717) is 12.2 Å². The molecular formula is C14H20N4OS. The highest BCUT2D eigenvalue weighted by Gasteiger charge is 2.17. The van der Waals surface area contributed by atoms with Crippen molar-refractivity contribution in [2.45, 2.75) is 19.4 Å². The van der Waals surface area contributed by atoms with Crippen LogP contribution in [0, 0.1) is 0 Å². The normalized spacial score (nSPS) is 12.6. The van der Waals surface area contributed by atoms with Gasteiger partial charge in [0.2, 0.25) is 0 Å². The van der Waals surface area contributed by atoms with Gasteiger partial charge in [-0.3, -0.25) is 9.89 Å². The van der Waals surface area contributed by atoms with Gasteiger partial charge in [-0.05, 0) is 38.0 Å². The lowest BCUT2D eigenvalue weighted by atomic mass is 10.2. The van der Waals surface area contributed by atoms with Crippen molar-refractivity contribution in [3.8, 4) is 0 Å². The molecule has 0 aliphatic heterocycles. The summed E-state index contributed by atoms with van der Waals surface area (Å²) in [5.74, 6) is -0.135. The molecule has 108 valence electrons. The highest BCUT2D eigenvalue weighted by atomic mass is 32.1. The maximum Gasteiger partial charge on any atom is 0.271 e. The Labute approximate surface area is 123 Å². The Morgan fingerprint density at radius 1 is 1.55 bits per heavy atom. The van der Waals surface area contributed by atoms with Crippen LogP contribution in [0.5, 0.6) is 0 Å². The fourth-order valence-corrected chi connectivity index (χ4v) is 2.88. The van der Waals surface area contributed by atoms with E-state index >= 15 is 0 Å². The first-order valence-corrected chi connectivity index (χ1v) is 7.52. The van der Waals surface area contributed by atoms with Crippen molar-refractivity contribution in [1.29, 1.82) is 0 Å². The highest BCUT2D eigenvalue weighted by molar-refractivity contribution is 7.10. The zero-order valence-electron chi connectivity index (χ0n) is 12.0. The maximum atomic E-state index is 12.1. The lowest BCUT2D eigenvalue weighted by Crippen LogP contribution is -2.34. The van der Waals surface area contributed by atoms with Gasteiger partial charge in [-0.15, -0.1) is 11.3 Å². The van der Waals surface area contributed by atoms with Gasteiger partial charge in [-0.1, -0.05) is 13.0 Å². The van der Waals surface area contributed by atoms with Crippen LogP contribution in [0.25, 0.3) is 0 Å². The predicted molar refractivity (Wildman–Crippen MR) is 81.0 cm³/mol. The first-order chi connectivity index (χ1) is 9.61. The molecule has 1 amide bonds. The number of H-pyrrole nitrogens is 1. The number of rotatable bonds is 6. The van der Waals surface area contributed by atoms with E-state index in [1.807, 2.05) is 27.1 Å². The van der Waals surface area contributed by atoms with Gasteiger partial charge in [0.1, 0.15) is 5.69 Å². The summed E-state index contributed by atoms with van der Waals surface area (Å²) in [6, 6.07) is 6.10. The SMILES string of the molecule is CCc1cc(C(=O)NCC(c2cccs2)N(C)C)n[nH]1. The number of aromatic amines is 1. The zero-order valence-corrected chi connectivity index (χ0v) is 12.8. The quantitative estimate of drug-likeness (QED) is 0.857. The summed E-state index contributed by atoms with van der Waals surface area (Å²) in [5.41, 5.74) is 1.42. The molecule has 2 aromatic rings. The van der Waals surface area contributed by atoms with E-state index in [9.17, 15) is 4.79 Å². The topological polar surface area (TPSA) is 61.0 Å². The number of aromatic nitrogens is 2. The minimum Gasteiger partial charge on any atom is -0.349 e. The molecule has 0 spiro atoms. The molecule has 0 fully saturated rings. The van der Waals surface area contributed by atoms with Crippen LogP contribution in [0.15, 0.2) is 23.6 Å². The number of carbonyl (C=O) groups is 1. The molecule has 1 unspecified atom stereocenters. The van der Waals surface area contributed by atoms with Crippen LogP contribution in [-0.4, -0.2) is 41.6 Å². The lowest BCUT2D eigenvalue weighted by molar-refractivity contribution is 0.0937. The van der Waals surface area contributed by atoms with Crippen molar-refractivity contribution < 1.29 is 4.79 Å². The molecule has 2 rings (SSSR count). The largest absolute Gasteiger partial charge is 0.349 e. The van der Waals surface area contributed by atoms with Crippen LogP contribution in [-0.2, 0) is 6.42 Å². The summed E-state index contributed by atoms with van der Waals surface area (Å²) in [6.07, 6.45) is 0.843. The summed E-state index contributed by atoms with van der Waals surface area (Å²) in [6.45, 7) is 2.59. The molecule has 5 nitrogen and oxygen atoms in total. The van der Waals surface area contributed by atoms with E-state index in [1.165, 1.54) is 4.88 Å². The summed E-state index contributed by atoms with van der Waals surface area (Å²) in [7, 11) is 4.03. The third-order valence-electron chi connectivity index (χ3n) is 3.20. The van der Waals surface area contributed by atoms with Crippen molar-refractivity contribution in [2.75, 3.05) is 20.6 Å². The number of hydrogen-bond donors (Lipinski definition) is 2. The molecule has 2 N–H and O–H groups in total. The summed E-state index contributed by atoms with van der Waals surface area (Å²) < 4.78 is 0. The predicted octanol–water partition coefficient (Wildman–Crippen LogP) is 2.07. The van der Waals surface area contributed by atoms with Crippen molar-refractivity contribution in [2.24, 2.45) is 0 Å². The van der Waals surface area contributed by atoms with E-state index in [2.05, 4.69) is 31.9 Å². The second-order valence-electron chi connectivity index (χ2n) is 4.84. The monoisotopic (exact) mass is 292 g/mol. The zero-order chi connectivity index (χ0) is 14.5. The number of carbonyl (C=O) groups excluding carboxylic acids is 1. The summed E-state index contributed by atoms with van der Waals surface area (Å²) in [4.78, 5) is 15.4. The molecule has 2 aromatic heterocycles. The number of likely N-dealkylation sites (N-methyl/N-ethyl adjacent to an activating group) is 1. The third-order valence-corrected chi connectivity index (χ3v) is 4.17. The Balaban J connectivity index is 1.97. The lowest BCUT2D eigenvalue weighted by Gasteiger charge is -2.23. The Morgan fingerprint density at radius 3 is 2.90 bits per heavy atom. The summed E-state index contributed by atoms with van der Waals surface area (Å²) >= 11 is 1.70. The average Bonchev–Trinajstić information content (AvgIpc) is 3.09. The molecule has 0 saturated carbocycles. The van der Waals surface area contributed by atoms with Crippen LogP contribution in [0.2, 0.25) is 0 Å². The van der Waals surface area contributed by atoms with Crippen LogP contribution < -0.4 is 5.32 Å². The van der Waals surface area contributed by atoms with Gasteiger partial charge >= 0.3 is 0 Å². The van der Waals surface area contributed by atoms with Crippen LogP contribution >= 0.6 is 11.3 Å². The molecule has 0 bridgehead atoms. The standard InChI is InChI=1S/C14H20N4OS/c1-4-10-8-11(17-16-10)14(19)15-9-12(18(2)3)13-6-5-7-20-13/h5-8,12H,4,9H2,1-3H3,(H,15,19)(H,16,17). The molecule has 1 atom stereocenters. The van der Waals surface area contributed by atoms with Gasteiger partial charge in [0, 0.05) is 17.1 Å². The minimum absolute atomic E-state index is 0.135. The molecule has 0 aliphatic carbocycles. The molecule has 0 aliphatic rings. The van der Waals surface area contributed by atoms with Crippen molar-refractivity contribution in [3.05, 3.63) is 39.8 Å². The average molecular weight is 292 g/mol. The molecule has 6 heteroatoms. The fourth-order valence-electron chi connectivity index (χ4n) is 1.96. The fraction of sp³-hybridized carbons (Fsp3) is 0.429. The molecule has 0 aromatic carbocycles. The first kappa shape index (κ1) is 14.7. The molecule has 20 heavy (non-hydrogen) atoms. The van der Waals surface area contributed by atoms with Gasteiger partial charge in [0.25, 0.3) is 5.91 Å². The van der Waals surface area contributed by atoms with Crippen LogP contribution in [0.4, 0.5) is 0 Å².